The first-order valence-electron chi connectivity index (χ1n) is 6.45. The van der Waals surface area contributed by atoms with Crippen LogP contribution < -0.4 is 15.4 Å². The first-order valence-corrected chi connectivity index (χ1v) is 6.45. The van der Waals surface area contributed by atoms with Crippen molar-refractivity contribution in [3.8, 4) is 5.75 Å². The Kier molecular flexibility index (Phi) is 5.48. The Balaban J connectivity index is 2.78. The molecule has 1 amide bonds. The summed E-state index contributed by atoms with van der Waals surface area (Å²) in [6.45, 7) is 5.76. The molecular weight excluding hydrogens is 242 g/mol. The summed E-state index contributed by atoms with van der Waals surface area (Å²) in [6, 6.07) is 5.50. The highest BCUT2D eigenvalue weighted by molar-refractivity contribution is 5.81. The van der Waals surface area contributed by atoms with Gasteiger partial charge in [-0.05, 0) is 26.0 Å². The van der Waals surface area contributed by atoms with Crippen LogP contribution in [0.15, 0.2) is 18.2 Å². The Morgan fingerprint density at radius 3 is 2.47 bits per heavy atom. The van der Waals surface area contributed by atoms with E-state index in [4.69, 9.17) is 10.5 Å². The summed E-state index contributed by atoms with van der Waals surface area (Å²) in [5.74, 6) is 0.739. The summed E-state index contributed by atoms with van der Waals surface area (Å²) in [5, 5.41) is 0. The van der Waals surface area contributed by atoms with Crippen LogP contribution in [-0.2, 0) is 4.79 Å². The molecule has 0 aliphatic heterocycles. The second-order valence-electron chi connectivity index (χ2n) is 4.35. The fourth-order valence-electron chi connectivity index (χ4n) is 1.91. The monoisotopic (exact) mass is 265 g/mol. The predicted octanol–water partition coefficient (Wildman–Crippen LogP) is 1.58. The van der Waals surface area contributed by atoms with Crippen LogP contribution in [0.5, 0.6) is 5.75 Å². The van der Waals surface area contributed by atoms with Gasteiger partial charge in [0.15, 0.2) is 0 Å². The van der Waals surface area contributed by atoms with Gasteiger partial charge in [0, 0.05) is 31.9 Å². The highest BCUT2D eigenvalue weighted by Gasteiger charge is 2.13. The van der Waals surface area contributed by atoms with Gasteiger partial charge >= 0.3 is 0 Å². The highest BCUT2D eigenvalue weighted by atomic mass is 16.5. The zero-order valence-electron chi connectivity index (χ0n) is 12.1. The number of nitrogen functional groups attached to an aromatic ring is 1. The zero-order chi connectivity index (χ0) is 14.4. The number of rotatable bonds is 6. The van der Waals surface area contributed by atoms with E-state index in [2.05, 4.69) is 0 Å². The fourth-order valence-corrected chi connectivity index (χ4v) is 1.91. The number of nitrogens with two attached hydrogens (primary N) is 1. The molecule has 0 saturated heterocycles. The molecule has 0 saturated carbocycles. The van der Waals surface area contributed by atoms with E-state index in [0.29, 0.717) is 18.0 Å². The minimum Gasteiger partial charge on any atom is -0.495 e. The van der Waals surface area contributed by atoms with Crippen molar-refractivity contribution >= 4 is 17.3 Å². The Morgan fingerprint density at radius 2 is 1.95 bits per heavy atom. The highest BCUT2D eigenvalue weighted by Crippen LogP contribution is 2.26. The topological polar surface area (TPSA) is 58.8 Å². The van der Waals surface area contributed by atoms with Crippen LogP contribution in [0, 0.1) is 0 Å². The molecule has 0 aromatic heterocycles. The second kappa shape index (κ2) is 6.87. The summed E-state index contributed by atoms with van der Waals surface area (Å²) < 4.78 is 5.18. The van der Waals surface area contributed by atoms with E-state index in [1.807, 2.05) is 42.8 Å². The molecule has 1 aromatic carbocycles. The molecule has 0 aliphatic carbocycles. The summed E-state index contributed by atoms with van der Waals surface area (Å²) in [4.78, 5) is 15.7. The SMILES string of the molecule is CCN(CC)C(=O)CN(C)c1ccc(N)c(OC)c1. The van der Waals surface area contributed by atoms with Crippen molar-refractivity contribution in [1.29, 1.82) is 0 Å². The standard InChI is InChI=1S/C14H23N3O2/c1-5-17(6-2)14(18)10-16(3)11-7-8-12(15)13(9-11)19-4/h7-9H,5-6,10,15H2,1-4H3. The van der Waals surface area contributed by atoms with Crippen LogP contribution >= 0.6 is 0 Å². The van der Waals surface area contributed by atoms with Gasteiger partial charge in [0.25, 0.3) is 0 Å². The lowest BCUT2D eigenvalue weighted by molar-refractivity contribution is -0.129. The summed E-state index contributed by atoms with van der Waals surface area (Å²) in [5.41, 5.74) is 7.28. The largest absolute Gasteiger partial charge is 0.495 e. The smallest absolute Gasteiger partial charge is 0.242 e. The average molecular weight is 265 g/mol. The van der Waals surface area contributed by atoms with Crippen molar-refractivity contribution in [3.05, 3.63) is 18.2 Å². The number of nitrogens with zero attached hydrogens (tertiary/aromatic N) is 2. The maximum absolute atomic E-state index is 12.0. The number of carbonyl (C=O) groups is 1. The zero-order valence-corrected chi connectivity index (χ0v) is 12.1. The summed E-state index contributed by atoms with van der Waals surface area (Å²) >= 11 is 0. The molecule has 1 aromatic rings. The fraction of sp³-hybridized carbons (Fsp3) is 0.500. The van der Waals surface area contributed by atoms with Gasteiger partial charge in [-0.25, -0.2) is 0 Å². The number of benzene rings is 1. The number of carbonyl (C=O) groups excluding carboxylic acids is 1. The van der Waals surface area contributed by atoms with E-state index in [1.54, 1.807) is 13.2 Å². The van der Waals surface area contributed by atoms with Crippen LogP contribution in [0.1, 0.15) is 13.8 Å². The van der Waals surface area contributed by atoms with Crippen molar-refractivity contribution in [1.82, 2.24) is 4.90 Å². The molecule has 106 valence electrons. The number of likely N-dealkylation sites (N-methyl/N-ethyl adjacent to an activating group) is 2. The van der Waals surface area contributed by atoms with Gasteiger partial charge in [-0.3, -0.25) is 4.79 Å². The van der Waals surface area contributed by atoms with Crippen molar-refractivity contribution in [2.45, 2.75) is 13.8 Å². The van der Waals surface area contributed by atoms with Gasteiger partial charge in [-0.2, -0.15) is 0 Å². The molecule has 0 fully saturated rings. The predicted molar refractivity (Wildman–Crippen MR) is 78.6 cm³/mol. The third kappa shape index (κ3) is 3.77. The third-order valence-corrected chi connectivity index (χ3v) is 3.15. The molecule has 0 unspecified atom stereocenters. The number of methoxy groups -OCH3 is 1. The second-order valence-corrected chi connectivity index (χ2v) is 4.35. The van der Waals surface area contributed by atoms with E-state index < -0.39 is 0 Å². The molecule has 1 rings (SSSR count). The molecular formula is C14H23N3O2. The lowest BCUT2D eigenvalue weighted by atomic mass is 10.2. The molecule has 2 N–H and O–H groups in total. The van der Waals surface area contributed by atoms with Gasteiger partial charge in [-0.1, -0.05) is 0 Å². The number of hydrogen-bond acceptors (Lipinski definition) is 4. The average Bonchev–Trinajstić information content (AvgIpc) is 2.40. The Bertz CT molecular complexity index is 431. The Labute approximate surface area is 114 Å². The van der Waals surface area contributed by atoms with Gasteiger partial charge < -0.3 is 20.3 Å². The van der Waals surface area contributed by atoms with Crippen LogP contribution in [-0.4, -0.2) is 44.6 Å². The van der Waals surface area contributed by atoms with Crippen molar-refractivity contribution in [2.24, 2.45) is 0 Å². The van der Waals surface area contributed by atoms with Gasteiger partial charge in [0.05, 0.1) is 19.3 Å². The van der Waals surface area contributed by atoms with E-state index >= 15 is 0 Å². The minimum absolute atomic E-state index is 0.114. The summed E-state index contributed by atoms with van der Waals surface area (Å²) in [6.07, 6.45) is 0. The van der Waals surface area contributed by atoms with Gasteiger partial charge in [-0.15, -0.1) is 0 Å². The third-order valence-electron chi connectivity index (χ3n) is 3.15. The van der Waals surface area contributed by atoms with Gasteiger partial charge in [0.1, 0.15) is 5.75 Å². The van der Waals surface area contributed by atoms with Gasteiger partial charge in [0.2, 0.25) is 5.91 Å². The lowest BCUT2D eigenvalue weighted by Crippen LogP contribution is -2.38. The minimum atomic E-state index is 0.114. The Morgan fingerprint density at radius 1 is 1.32 bits per heavy atom. The first kappa shape index (κ1) is 15.1. The molecule has 0 atom stereocenters. The van der Waals surface area contributed by atoms with Crippen LogP contribution in [0.4, 0.5) is 11.4 Å². The number of ether oxygens (including phenoxy) is 1. The summed E-state index contributed by atoms with van der Waals surface area (Å²) in [7, 11) is 3.46. The maximum Gasteiger partial charge on any atom is 0.242 e. The van der Waals surface area contributed by atoms with E-state index in [-0.39, 0.29) is 5.91 Å². The van der Waals surface area contributed by atoms with Crippen molar-refractivity contribution in [2.75, 3.05) is 44.4 Å². The quantitative estimate of drug-likeness (QED) is 0.793. The van der Waals surface area contributed by atoms with Crippen molar-refractivity contribution in [3.63, 3.8) is 0 Å². The molecule has 0 bridgehead atoms. The molecule has 0 radical (unpaired) electrons. The Hall–Kier alpha value is -1.91. The lowest BCUT2D eigenvalue weighted by Gasteiger charge is -2.24. The van der Waals surface area contributed by atoms with Crippen LogP contribution in [0.25, 0.3) is 0 Å². The van der Waals surface area contributed by atoms with Crippen LogP contribution in [0.2, 0.25) is 0 Å². The van der Waals surface area contributed by atoms with Crippen molar-refractivity contribution < 1.29 is 9.53 Å². The van der Waals surface area contributed by atoms with E-state index in [1.165, 1.54) is 0 Å². The molecule has 19 heavy (non-hydrogen) atoms. The van der Waals surface area contributed by atoms with E-state index in [9.17, 15) is 4.79 Å². The molecule has 0 aliphatic rings. The number of amides is 1. The molecule has 5 nitrogen and oxygen atoms in total. The normalized spacial score (nSPS) is 10.1. The molecule has 0 spiro atoms. The first-order chi connectivity index (χ1) is 9.03. The maximum atomic E-state index is 12.0. The number of anilines is 2. The van der Waals surface area contributed by atoms with E-state index in [0.717, 1.165) is 18.8 Å². The molecule has 5 heteroatoms. The van der Waals surface area contributed by atoms with Crippen LogP contribution in [0.3, 0.4) is 0 Å². The number of hydrogen-bond donors (Lipinski definition) is 1. The molecule has 0 heterocycles.